The zero-order valence-corrected chi connectivity index (χ0v) is 12.7. The Morgan fingerprint density at radius 1 is 1.35 bits per heavy atom. The van der Waals surface area contributed by atoms with Crippen molar-refractivity contribution in [3.8, 4) is 0 Å². The maximum absolute atomic E-state index is 13.5. The molecule has 2 heterocycles. The highest BCUT2D eigenvalue weighted by Gasteiger charge is 2.08. The molecular weight excluding hydrogens is 295 g/mol. The smallest absolute Gasteiger partial charge is 0.248 e. The van der Waals surface area contributed by atoms with Gasteiger partial charge in [-0.05, 0) is 25.1 Å². The van der Waals surface area contributed by atoms with Gasteiger partial charge in [0.05, 0.1) is 17.6 Å². The second kappa shape index (κ2) is 6.00. The number of hydrogen-bond acceptors (Lipinski definition) is 3. The minimum Gasteiger partial charge on any atom is -0.321 e. The first kappa shape index (κ1) is 14.9. The van der Waals surface area contributed by atoms with E-state index in [4.69, 9.17) is 0 Å². The van der Waals surface area contributed by atoms with E-state index in [9.17, 15) is 9.18 Å². The Hall–Kier alpha value is -3.02. The first-order valence-electron chi connectivity index (χ1n) is 7.07. The molecule has 1 aromatic carbocycles. The molecule has 0 atom stereocenters. The molecule has 116 valence electrons. The van der Waals surface area contributed by atoms with Crippen LogP contribution in [0.4, 0.5) is 10.1 Å². The average molecular weight is 310 g/mol. The van der Waals surface area contributed by atoms with E-state index in [1.807, 2.05) is 20.0 Å². The van der Waals surface area contributed by atoms with Crippen molar-refractivity contribution >= 4 is 28.7 Å². The van der Waals surface area contributed by atoms with Crippen LogP contribution >= 0.6 is 0 Å². The van der Waals surface area contributed by atoms with E-state index in [0.717, 1.165) is 16.7 Å². The topological polar surface area (TPSA) is 59.8 Å². The molecule has 0 fully saturated rings. The number of anilines is 1. The van der Waals surface area contributed by atoms with Gasteiger partial charge in [0.2, 0.25) is 5.91 Å². The third-order valence-corrected chi connectivity index (χ3v) is 3.45. The molecule has 0 aliphatic heterocycles. The SMILES string of the molecule is Cc1nn(C)c2ncc(NC(=O)/C=C/c3ccccc3F)cc12. The number of amides is 1. The summed E-state index contributed by atoms with van der Waals surface area (Å²) in [5.41, 5.74) is 2.52. The second-order valence-electron chi connectivity index (χ2n) is 5.15. The molecule has 0 aliphatic carbocycles. The molecule has 0 aliphatic rings. The van der Waals surface area contributed by atoms with Crippen molar-refractivity contribution in [2.45, 2.75) is 6.92 Å². The summed E-state index contributed by atoms with van der Waals surface area (Å²) in [6, 6.07) is 8.08. The molecule has 0 radical (unpaired) electrons. The Balaban J connectivity index is 1.78. The molecule has 0 unspecified atom stereocenters. The molecule has 6 heteroatoms. The van der Waals surface area contributed by atoms with Gasteiger partial charge in [-0.2, -0.15) is 5.10 Å². The van der Waals surface area contributed by atoms with Crippen LogP contribution in [-0.4, -0.2) is 20.7 Å². The van der Waals surface area contributed by atoms with Gasteiger partial charge >= 0.3 is 0 Å². The zero-order chi connectivity index (χ0) is 16.4. The predicted molar refractivity (Wildman–Crippen MR) is 87.3 cm³/mol. The number of nitrogens with one attached hydrogen (secondary N) is 1. The monoisotopic (exact) mass is 310 g/mol. The molecule has 23 heavy (non-hydrogen) atoms. The molecule has 1 amide bonds. The van der Waals surface area contributed by atoms with E-state index >= 15 is 0 Å². The van der Waals surface area contributed by atoms with Crippen LogP contribution in [0.3, 0.4) is 0 Å². The predicted octanol–water partition coefficient (Wildman–Crippen LogP) is 3.07. The summed E-state index contributed by atoms with van der Waals surface area (Å²) in [5, 5.41) is 7.87. The molecule has 3 rings (SSSR count). The van der Waals surface area contributed by atoms with E-state index in [1.54, 1.807) is 29.1 Å². The molecule has 2 aromatic heterocycles. The fourth-order valence-electron chi connectivity index (χ4n) is 2.34. The van der Waals surface area contributed by atoms with Crippen molar-refractivity contribution in [3.63, 3.8) is 0 Å². The Morgan fingerprint density at radius 3 is 2.91 bits per heavy atom. The van der Waals surface area contributed by atoms with Crippen LogP contribution in [0.1, 0.15) is 11.3 Å². The Kier molecular flexibility index (Phi) is 3.89. The minimum atomic E-state index is -0.370. The minimum absolute atomic E-state index is 0.351. The summed E-state index contributed by atoms with van der Waals surface area (Å²) in [4.78, 5) is 16.2. The zero-order valence-electron chi connectivity index (χ0n) is 12.7. The van der Waals surface area contributed by atoms with Gasteiger partial charge in [-0.15, -0.1) is 0 Å². The summed E-state index contributed by atoms with van der Waals surface area (Å²) in [7, 11) is 1.82. The normalized spacial score (nSPS) is 11.3. The first-order chi connectivity index (χ1) is 11.0. The first-order valence-corrected chi connectivity index (χ1v) is 7.07. The summed E-state index contributed by atoms with van der Waals surface area (Å²) in [6.07, 6.45) is 4.29. The van der Waals surface area contributed by atoms with Crippen molar-refractivity contribution in [3.05, 3.63) is 59.7 Å². The quantitative estimate of drug-likeness (QED) is 0.756. The van der Waals surface area contributed by atoms with Gasteiger partial charge < -0.3 is 5.32 Å². The highest BCUT2D eigenvalue weighted by molar-refractivity contribution is 6.02. The number of fused-ring (bicyclic) bond motifs is 1. The van der Waals surface area contributed by atoms with Gasteiger partial charge in [0, 0.05) is 24.1 Å². The van der Waals surface area contributed by atoms with Crippen LogP contribution in [-0.2, 0) is 11.8 Å². The Morgan fingerprint density at radius 2 is 2.13 bits per heavy atom. The van der Waals surface area contributed by atoms with Crippen molar-refractivity contribution in [2.75, 3.05) is 5.32 Å². The number of rotatable bonds is 3. The largest absolute Gasteiger partial charge is 0.321 e. The van der Waals surface area contributed by atoms with Crippen LogP contribution in [0.15, 0.2) is 42.6 Å². The number of pyridine rings is 1. The molecule has 3 aromatic rings. The van der Waals surface area contributed by atoms with Crippen molar-refractivity contribution in [1.29, 1.82) is 0 Å². The van der Waals surface area contributed by atoms with E-state index < -0.39 is 0 Å². The number of benzene rings is 1. The highest BCUT2D eigenvalue weighted by Crippen LogP contribution is 2.19. The number of nitrogens with zero attached hydrogens (tertiary/aromatic N) is 3. The lowest BCUT2D eigenvalue weighted by Crippen LogP contribution is -2.08. The van der Waals surface area contributed by atoms with E-state index in [0.29, 0.717) is 11.3 Å². The number of carbonyl (C=O) groups excluding carboxylic acids is 1. The van der Waals surface area contributed by atoms with Gasteiger partial charge in [0.15, 0.2) is 5.65 Å². The molecule has 1 N–H and O–H groups in total. The lowest BCUT2D eigenvalue weighted by atomic mass is 10.2. The standard InChI is InChI=1S/C17H15FN4O/c1-11-14-9-13(10-19-17(14)22(2)21-11)20-16(23)8-7-12-5-3-4-6-15(12)18/h3-10H,1-2H3,(H,20,23)/b8-7+. The van der Waals surface area contributed by atoms with Crippen molar-refractivity contribution in [1.82, 2.24) is 14.8 Å². The number of halogens is 1. The van der Waals surface area contributed by atoms with E-state index in [-0.39, 0.29) is 11.7 Å². The lowest BCUT2D eigenvalue weighted by Gasteiger charge is -2.02. The van der Waals surface area contributed by atoms with Gasteiger partial charge in [-0.25, -0.2) is 9.37 Å². The van der Waals surface area contributed by atoms with E-state index in [2.05, 4.69) is 15.4 Å². The van der Waals surface area contributed by atoms with Gasteiger partial charge in [-0.3, -0.25) is 9.48 Å². The Bertz CT molecular complexity index is 914. The number of carbonyl (C=O) groups is 1. The number of aryl methyl sites for hydroxylation is 2. The fraction of sp³-hybridized carbons (Fsp3) is 0.118. The van der Waals surface area contributed by atoms with Crippen LogP contribution < -0.4 is 5.32 Å². The summed E-state index contributed by atoms with van der Waals surface area (Å²) in [6.45, 7) is 1.88. The maximum Gasteiger partial charge on any atom is 0.248 e. The number of aromatic nitrogens is 3. The summed E-state index contributed by atoms with van der Waals surface area (Å²) < 4.78 is 15.2. The second-order valence-corrected chi connectivity index (χ2v) is 5.15. The highest BCUT2D eigenvalue weighted by atomic mass is 19.1. The third-order valence-electron chi connectivity index (χ3n) is 3.45. The molecule has 5 nitrogen and oxygen atoms in total. The number of hydrogen-bond donors (Lipinski definition) is 1. The average Bonchev–Trinajstić information content (AvgIpc) is 2.81. The van der Waals surface area contributed by atoms with Gasteiger partial charge in [0.1, 0.15) is 5.82 Å². The van der Waals surface area contributed by atoms with Gasteiger partial charge in [-0.1, -0.05) is 18.2 Å². The molecule has 0 bridgehead atoms. The van der Waals surface area contributed by atoms with Gasteiger partial charge in [0.25, 0.3) is 0 Å². The molecule has 0 saturated heterocycles. The van der Waals surface area contributed by atoms with Crippen LogP contribution in [0.2, 0.25) is 0 Å². The summed E-state index contributed by atoms with van der Waals surface area (Å²) >= 11 is 0. The lowest BCUT2D eigenvalue weighted by molar-refractivity contribution is -0.111. The Labute approximate surface area is 132 Å². The van der Waals surface area contributed by atoms with Crippen LogP contribution in [0.25, 0.3) is 17.1 Å². The van der Waals surface area contributed by atoms with E-state index in [1.165, 1.54) is 18.2 Å². The molecule has 0 spiro atoms. The molecule has 0 saturated carbocycles. The summed E-state index contributed by atoms with van der Waals surface area (Å²) in [5.74, 6) is -0.721. The maximum atomic E-state index is 13.5. The fourth-order valence-corrected chi connectivity index (χ4v) is 2.34. The van der Waals surface area contributed by atoms with Crippen molar-refractivity contribution < 1.29 is 9.18 Å². The van der Waals surface area contributed by atoms with Crippen LogP contribution in [0.5, 0.6) is 0 Å². The third kappa shape index (κ3) is 3.11. The molecular formula is C17H15FN4O. The van der Waals surface area contributed by atoms with Crippen molar-refractivity contribution in [2.24, 2.45) is 7.05 Å². The van der Waals surface area contributed by atoms with Crippen LogP contribution in [0, 0.1) is 12.7 Å².